The van der Waals surface area contributed by atoms with Gasteiger partial charge >= 0.3 is 6.09 Å². The zero-order valence-electron chi connectivity index (χ0n) is 12.6. The van der Waals surface area contributed by atoms with Crippen molar-refractivity contribution in [1.82, 2.24) is 5.32 Å². The lowest BCUT2D eigenvalue weighted by Gasteiger charge is -2.45. The van der Waals surface area contributed by atoms with Crippen molar-refractivity contribution < 1.29 is 9.53 Å². The quantitative estimate of drug-likeness (QED) is 0.766. The molecule has 3 heteroatoms. The van der Waals surface area contributed by atoms with Crippen molar-refractivity contribution in [2.24, 2.45) is 0 Å². The van der Waals surface area contributed by atoms with Gasteiger partial charge in [0, 0.05) is 0 Å². The average Bonchev–Trinajstić information content (AvgIpc) is 2.67. The predicted molar refractivity (Wildman–Crippen MR) is 77.2 cm³/mol. The van der Waals surface area contributed by atoms with Gasteiger partial charge in [0.25, 0.3) is 0 Å². The first-order valence-corrected chi connectivity index (χ1v) is 8.19. The number of alkyl carbamates (subject to hydrolysis) is 1. The molecule has 2 aliphatic rings. The first-order chi connectivity index (χ1) is 9.18. The van der Waals surface area contributed by atoms with E-state index in [0.29, 0.717) is 0 Å². The number of unbranched alkanes of at least 4 members (excludes halogenated alkanes) is 2. The van der Waals surface area contributed by atoms with Gasteiger partial charge in [-0.05, 0) is 38.5 Å². The third kappa shape index (κ3) is 2.75. The lowest BCUT2D eigenvalue weighted by atomic mass is 9.67. The van der Waals surface area contributed by atoms with Crippen molar-refractivity contribution in [2.45, 2.75) is 95.6 Å². The molecule has 1 spiro atoms. The lowest BCUT2D eigenvalue weighted by Crippen LogP contribution is -2.57. The highest BCUT2D eigenvalue weighted by Crippen LogP contribution is 2.48. The monoisotopic (exact) mass is 267 g/mol. The second kappa shape index (κ2) is 6.15. The van der Waals surface area contributed by atoms with Gasteiger partial charge < -0.3 is 10.1 Å². The molecule has 1 saturated carbocycles. The molecule has 2 fully saturated rings. The molecule has 1 aliphatic heterocycles. The molecule has 2 rings (SSSR count). The summed E-state index contributed by atoms with van der Waals surface area (Å²) in [6.07, 6.45) is 12.5. The van der Waals surface area contributed by atoms with Gasteiger partial charge in [0.2, 0.25) is 0 Å². The molecule has 0 aromatic carbocycles. The summed E-state index contributed by atoms with van der Waals surface area (Å²) in [4.78, 5) is 11.9. The summed E-state index contributed by atoms with van der Waals surface area (Å²) in [6.45, 7) is 4.44. The highest BCUT2D eigenvalue weighted by Gasteiger charge is 2.59. The van der Waals surface area contributed by atoms with Crippen LogP contribution in [0.1, 0.15) is 84.5 Å². The Morgan fingerprint density at radius 3 is 2.16 bits per heavy atom. The number of carbonyl (C=O) groups is 1. The summed E-state index contributed by atoms with van der Waals surface area (Å²) in [5.41, 5.74) is -0.288. The molecule has 0 bridgehead atoms. The number of hydrogen-bond donors (Lipinski definition) is 1. The fourth-order valence-corrected chi connectivity index (χ4v) is 3.98. The van der Waals surface area contributed by atoms with Crippen LogP contribution in [0.25, 0.3) is 0 Å². The summed E-state index contributed by atoms with van der Waals surface area (Å²) in [5.74, 6) is 0. The van der Waals surface area contributed by atoms with E-state index in [2.05, 4.69) is 19.2 Å². The number of rotatable bonds is 6. The zero-order chi connectivity index (χ0) is 13.8. The highest BCUT2D eigenvalue weighted by atomic mass is 16.6. The molecule has 110 valence electrons. The number of amides is 1. The molecule has 1 heterocycles. The first-order valence-electron chi connectivity index (χ1n) is 8.19. The molecule has 1 N–H and O–H groups in total. The van der Waals surface area contributed by atoms with Gasteiger partial charge in [-0.2, -0.15) is 0 Å². The van der Waals surface area contributed by atoms with E-state index in [1.165, 1.54) is 44.9 Å². The SMILES string of the molecule is CCCCC1(CCCC)NC(=O)OC12CCCCC2. The highest BCUT2D eigenvalue weighted by molar-refractivity contribution is 5.72. The van der Waals surface area contributed by atoms with Crippen LogP contribution in [0.5, 0.6) is 0 Å². The van der Waals surface area contributed by atoms with Crippen LogP contribution < -0.4 is 5.32 Å². The van der Waals surface area contributed by atoms with E-state index in [9.17, 15) is 4.79 Å². The van der Waals surface area contributed by atoms with E-state index in [0.717, 1.165) is 25.7 Å². The van der Waals surface area contributed by atoms with E-state index in [-0.39, 0.29) is 17.2 Å². The fraction of sp³-hybridized carbons (Fsp3) is 0.938. The van der Waals surface area contributed by atoms with E-state index in [4.69, 9.17) is 4.74 Å². The maximum absolute atomic E-state index is 11.9. The summed E-state index contributed by atoms with van der Waals surface area (Å²) in [6, 6.07) is 0. The van der Waals surface area contributed by atoms with Crippen LogP contribution in [0, 0.1) is 0 Å². The van der Waals surface area contributed by atoms with Crippen LogP contribution in [0.15, 0.2) is 0 Å². The van der Waals surface area contributed by atoms with Crippen molar-refractivity contribution in [3.63, 3.8) is 0 Å². The fourth-order valence-electron chi connectivity index (χ4n) is 3.98. The Morgan fingerprint density at radius 2 is 1.63 bits per heavy atom. The molecule has 0 radical (unpaired) electrons. The van der Waals surface area contributed by atoms with Crippen LogP contribution in [0.2, 0.25) is 0 Å². The van der Waals surface area contributed by atoms with E-state index >= 15 is 0 Å². The minimum atomic E-state index is -0.202. The van der Waals surface area contributed by atoms with Crippen molar-refractivity contribution in [3.05, 3.63) is 0 Å². The van der Waals surface area contributed by atoms with Gasteiger partial charge in [0.15, 0.2) is 0 Å². The Labute approximate surface area is 117 Å². The van der Waals surface area contributed by atoms with Crippen LogP contribution in [0.4, 0.5) is 4.79 Å². The number of ether oxygens (including phenoxy) is 1. The van der Waals surface area contributed by atoms with Crippen molar-refractivity contribution in [2.75, 3.05) is 0 Å². The largest absolute Gasteiger partial charge is 0.440 e. The van der Waals surface area contributed by atoms with Crippen LogP contribution in [0.3, 0.4) is 0 Å². The maximum atomic E-state index is 11.9. The van der Waals surface area contributed by atoms with Crippen LogP contribution in [-0.4, -0.2) is 17.2 Å². The minimum absolute atomic E-state index is 0.0868. The molecule has 0 aromatic rings. The van der Waals surface area contributed by atoms with E-state index in [1.54, 1.807) is 0 Å². The third-order valence-electron chi connectivity index (χ3n) is 5.08. The van der Waals surface area contributed by atoms with Gasteiger partial charge in [0.1, 0.15) is 5.60 Å². The molecule has 19 heavy (non-hydrogen) atoms. The normalized spacial score (nSPS) is 24.2. The zero-order valence-corrected chi connectivity index (χ0v) is 12.6. The minimum Gasteiger partial charge on any atom is -0.440 e. The number of hydrogen-bond acceptors (Lipinski definition) is 2. The maximum Gasteiger partial charge on any atom is 0.408 e. The summed E-state index contributed by atoms with van der Waals surface area (Å²) >= 11 is 0. The molecular formula is C16H29NO2. The third-order valence-corrected chi connectivity index (χ3v) is 5.08. The summed E-state index contributed by atoms with van der Waals surface area (Å²) in [5, 5.41) is 3.24. The smallest absolute Gasteiger partial charge is 0.408 e. The first kappa shape index (κ1) is 14.7. The summed E-state index contributed by atoms with van der Waals surface area (Å²) < 4.78 is 5.85. The summed E-state index contributed by atoms with van der Waals surface area (Å²) in [7, 11) is 0. The molecule has 0 atom stereocenters. The van der Waals surface area contributed by atoms with Gasteiger partial charge in [-0.15, -0.1) is 0 Å². The van der Waals surface area contributed by atoms with Crippen LogP contribution in [-0.2, 0) is 4.74 Å². The molecular weight excluding hydrogens is 238 g/mol. The molecule has 1 aliphatic carbocycles. The van der Waals surface area contributed by atoms with Crippen molar-refractivity contribution in [3.8, 4) is 0 Å². The van der Waals surface area contributed by atoms with Gasteiger partial charge in [0.05, 0.1) is 5.54 Å². The Kier molecular flexibility index (Phi) is 4.75. The Balaban J connectivity index is 2.22. The van der Waals surface area contributed by atoms with E-state index in [1.807, 2.05) is 0 Å². The number of carbonyl (C=O) groups excluding carboxylic acids is 1. The van der Waals surface area contributed by atoms with Crippen molar-refractivity contribution in [1.29, 1.82) is 0 Å². The van der Waals surface area contributed by atoms with E-state index < -0.39 is 0 Å². The Bertz CT molecular complexity index is 300. The van der Waals surface area contributed by atoms with Gasteiger partial charge in [-0.1, -0.05) is 46.0 Å². The lowest BCUT2D eigenvalue weighted by molar-refractivity contribution is -0.0388. The predicted octanol–water partition coefficient (Wildman–Crippen LogP) is 4.55. The van der Waals surface area contributed by atoms with Crippen molar-refractivity contribution >= 4 is 6.09 Å². The van der Waals surface area contributed by atoms with Crippen LogP contribution >= 0.6 is 0 Å². The number of nitrogens with one attached hydrogen (secondary N) is 1. The average molecular weight is 267 g/mol. The van der Waals surface area contributed by atoms with Gasteiger partial charge in [-0.3, -0.25) is 0 Å². The van der Waals surface area contributed by atoms with Gasteiger partial charge in [-0.25, -0.2) is 4.79 Å². The standard InChI is InChI=1S/C16H29NO2/c1-3-5-10-15(11-6-4-2)16(19-14(18)17-15)12-8-7-9-13-16/h3-13H2,1-2H3,(H,17,18). The Morgan fingerprint density at radius 1 is 1.05 bits per heavy atom. The molecule has 1 saturated heterocycles. The molecule has 1 amide bonds. The topological polar surface area (TPSA) is 38.3 Å². The Hall–Kier alpha value is -0.730. The molecule has 3 nitrogen and oxygen atoms in total. The second-order valence-electron chi connectivity index (χ2n) is 6.36. The molecule has 0 aromatic heterocycles. The molecule has 0 unspecified atom stereocenters. The second-order valence-corrected chi connectivity index (χ2v) is 6.36.